The Kier molecular flexibility index (Phi) is 2.36. The highest BCUT2D eigenvalue weighted by Gasteiger charge is 2.69. The molecule has 1 rings (SSSR count). The van der Waals surface area contributed by atoms with Crippen LogP contribution in [0.1, 0.15) is 0 Å². The van der Waals surface area contributed by atoms with Crippen molar-refractivity contribution in [2.24, 2.45) is 5.11 Å². The summed E-state index contributed by atoms with van der Waals surface area (Å²) in [5.74, 6) is 0. The third-order valence-electron chi connectivity index (χ3n) is 1.47. The second-order valence-corrected chi connectivity index (χ2v) is 2.42. The Labute approximate surface area is 70.4 Å². The molecule has 0 saturated heterocycles. The lowest BCUT2D eigenvalue weighted by atomic mass is 10.4. The van der Waals surface area contributed by atoms with Crippen LogP contribution in [0, 0.1) is 0 Å². The average molecular weight is 201 g/mol. The molecule has 0 spiro atoms. The first-order valence-electron chi connectivity index (χ1n) is 3.40. The summed E-state index contributed by atoms with van der Waals surface area (Å²) in [4.78, 5) is 0. The van der Waals surface area contributed by atoms with Crippen LogP contribution in [-0.2, 0) is 0 Å². The van der Waals surface area contributed by atoms with E-state index in [1.807, 2.05) is 0 Å². The number of hydrogen-bond acceptors (Lipinski definition) is 1. The molecule has 0 amide bonds. The molecular weight excluding hydrogens is 195 g/mol. The number of alkyl halides is 5. The molecule has 0 bridgehead atoms. The number of hydrogen-bond donors (Lipinski definition) is 0. The first-order valence-corrected chi connectivity index (χ1v) is 3.40. The Morgan fingerprint density at radius 3 is 2.08 bits per heavy atom. The molecule has 1 aliphatic heterocycles. The third-order valence-corrected chi connectivity index (χ3v) is 1.47. The van der Waals surface area contributed by atoms with Crippen molar-refractivity contribution in [2.45, 2.75) is 12.2 Å². The molecule has 0 atom stereocenters. The van der Waals surface area contributed by atoms with Crippen LogP contribution in [0.15, 0.2) is 17.3 Å². The molecule has 0 aromatic rings. The van der Waals surface area contributed by atoms with E-state index in [9.17, 15) is 22.0 Å². The van der Waals surface area contributed by atoms with Gasteiger partial charge in [-0.05, 0) is 15.9 Å². The van der Waals surface area contributed by atoms with Crippen LogP contribution in [-0.4, -0.2) is 30.0 Å². The van der Waals surface area contributed by atoms with Gasteiger partial charge in [0.05, 0.1) is 0 Å². The molecule has 0 fully saturated rings. The Morgan fingerprint density at radius 2 is 1.69 bits per heavy atom. The lowest BCUT2D eigenvalue weighted by Gasteiger charge is -2.14. The Morgan fingerprint density at radius 1 is 1.08 bits per heavy atom. The van der Waals surface area contributed by atoms with Crippen LogP contribution in [0.5, 0.6) is 0 Å². The molecule has 0 unspecified atom stereocenters. The number of azo groups is 2. The van der Waals surface area contributed by atoms with E-state index in [-0.39, 0.29) is 11.2 Å². The topological polar surface area (TPSA) is 15.4 Å². The molecule has 0 aromatic heterocycles. The minimum absolute atomic E-state index is 0.147. The number of rotatable bonds is 1. The molecule has 0 N–H and O–H groups in total. The van der Waals surface area contributed by atoms with E-state index < -0.39 is 18.8 Å². The monoisotopic (exact) mass is 201 g/mol. The normalized spacial score (nSPS) is 18.7. The fourth-order valence-corrected chi connectivity index (χ4v) is 0.802. The van der Waals surface area contributed by atoms with Crippen LogP contribution in [0.3, 0.4) is 0 Å². The van der Waals surface area contributed by atoms with Crippen molar-refractivity contribution < 1.29 is 26.6 Å². The lowest BCUT2D eigenvalue weighted by molar-refractivity contribution is -0.753. The van der Waals surface area contributed by atoms with Gasteiger partial charge in [-0.1, -0.05) is 6.08 Å². The summed E-state index contributed by atoms with van der Waals surface area (Å²) in [5.41, 5.74) is 0. The van der Waals surface area contributed by atoms with Gasteiger partial charge in [0.1, 0.15) is 6.54 Å². The van der Waals surface area contributed by atoms with Crippen LogP contribution in [0.2, 0.25) is 0 Å². The van der Waals surface area contributed by atoms with Crippen LogP contribution >= 0.6 is 0 Å². The van der Waals surface area contributed by atoms with Crippen molar-refractivity contribution in [3.8, 4) is 0 Å². The molecule has 0 aliphatic carbocycles. The summed E-state index contributed by atoms with van der Waals surface area (Å²) in [6.45, 7) is -0.668. The molecule has 2 nitrogen and oxygen atoms in total. The van der Waals surface area contributed by atoms with Gasteiger partial charge < -0.3 is 0 Å². The Balaban J connectivity index is 2.86. The smallest absolute Gasteiger partial charge is 0.159 e. The second-order valence-electron chi connectivity index (χ2n) is 2.42. The first kappa shape index (κ1) is 10.1. The van der Waals surface area contributed by atoms with Crippen molar-refractivity contribution >= 4 is 0 Å². The fraction of sp³-hybridized carbons (Fsp3) is 0.667. The van der Waals surface area contributed by atoms with Gasteiger partial charge in [0.2, 0.25) is 0 Å². The van der Waals surface area contributed by atoms with Crippen LogP contribution in [0.25, 0.3) is 0 Å². The van der Waals surface area contributed by atoms with Crippen LogP contribution < -0.4 is 0 Å². The predicted octanol–water partition coefficient (Wildman–Crippen LogP) is 2.18. The van der Waals surface area contributed by atoms with Crippen molar-refractivity contribution in [1.82, 2.24) is 0 Å². The highest BCUT2D eigenvalue weighted by molar-refractivity contribution is 4.85. The van der Waals surface area contributed by atoms with Crippen LogP contribution in [0.4, 0.5) is 22.0 Å². The van der Waals surface area contributed by atoms with E-state index in [1.54, 1.807) is 0 Å². The maximum atomic E-state index is 12.5. The van der Waals surface area contributed by atoms with E-state index in [0.717, 1.165) is 0 Å². The van der Waals surface area contributed by atoms with Gasteiger partial charge in [-0.25, -0.2) is 0 Å². The number of nitrogens with zero attached hydrogens (tertiary/aromatic N) is 2. The SMILES string of the molecule is FC(F)(F)C(F)(F)[N+]1=NCC=CC1. The van der Waals surface area contributed by atoms with Crippen molar-refractivity contribution in [3.63, 3.8) is 0 Å². The fourth-order valence-electron chi connectivity index (χ4n) is 0.802. The number of halogens is 5. The predicted molar refractivity (Wildman–Crippen MR) is 32.6 cm³/mol. The standard InChI is InChI=1S/C6H6F5N2/c7-5(8,9)6(10,11)13-4-2-1-3-12-13/h1-2H,3-4H2/q+1. The molecular formula is C6H6F5N2+. The molecule has 7 heteroatoms. The summed E-state index contributed by atoms with van der Waals surface area (Å²) in [6.07, 6.45) is -2.95. The maximum absolute atomic E-state index is 12.5. The summed E-state index contributed by atoms with van der Waals surface area (Å²) < 4.78 is 59.9. The highest BCUT2D eigenvalue weighted by atomic mass is 19.4. The Hall–Kier alpha value is -1.01. The van der Waals surface area contributed by atoms with Crippen molar-refractivity contribution in [1.29, 1.82) is 0 Å². The van der Waals surface area contributed by atoms with E-state index >= 15 is 0 Å². The molecule has 1 aliphatic rings. The van der Waals surface area contributed by atoms with Gasteiger partial charge in [-0.15, -0.1) is 8.78 Å². The molecule has 0 saturated carbocycles. The van der Waals surface area contributed by atoms with Gasteiger partial charge in [0.15, 0.2) is 6.54 Å². The molecule has 1 heterocycles. The molecule has 0 aromatic carbocycles. The largest absolute Gasteiger partial charge is 0.580 e. The van der Waals surface area contributed by atoms with E-state index in [4.69, 9.17) is 0 Å². The summed E-state index contributed by atoms with van der Waals surface area (Å²) in [5, 5.41) is 3.04. The van der Waals surface area contributed by atoms with E-state index in [0.29, 0.717) is 0 Å². The van der Waals surface area contributed by atoms with Gasteiger partial charge in [0.25, 0.3) is 0 Å². The minimum Gasteiger partial charge on any atom is -0.159 e. The first-order chi connectivity index (χ1) is 5.86. The minimum atomic E-state index is -5.58. The van der Waals surface area contributed by atoms with Gasteiger partial charge in [-0.2, -0.15) is 13.2 Å². The second kappa shape index (κ2) is 3.04. The highest BCUT2D eigenvalue weighted by Crippen LogP contribution is 2.36. The maximum Gasteiger partial charge on any atom is 0.580 e. The summed E-state index contributed by atoms with van der Waals surface area (Å²) in [6, 6.07) is -4.88. The van der Waals surface area contributed by atoms with Crippen molar-refractivity contribution in [2.75, 3.05) is 13.1 Å². The zero-order valence-corrected chi connectivity index (χ0v) is 6.35. The van der Waals surface area contributed by atoms with Gasteiger partial charge in [0, 0.05) is 0 Å². The lowest BCUT2D eigenvalue weighted by Crippen LogP contribution is -2.47. The van der Waals surface area contributed by atoms with Crippen molar-refractivity contribution in [3.05, 3.63) is 12.2 Å². The zero-order chi connectivity index (χ0) is 10.1. The quantitative estimate of drug-likeness (QED) is 0.267. The molecule has 0 radical (unpaired) electrons. The Bertz CT molecular complexity index is 252. The van der Waals surface area contributed by atoms with E-state index in [2.05, 4.69) is 5.11 Å². The van der Waals surface area contributed by atoms with E-state index in [1.165, 1.54) is 12.2 Å². The molecule has 13 heavy (non-hydrogen) atoms. The van der Waals surface area contributed by atoms with Gasteiger partial charge >= 0.3 is 12.2 Å². The summed E-state index contributed by atoms with van der Waals surface area (Å²) in [7, 11) is 0. The zero-order valence-electron chi connectivity index (χ0n) is 6.35. The average Bonchev–Trinajstić information content (AvgIpc) is 2.04. The third kappa shape index (κ3) is 1.84. The van der Waals surface area contributed by atoms with Gasteiger partial charge in [-0.3, -0.25) is 0 Å². The summed E-state index contributed by atoms with van der Waals surface area (Å²) >= 11 is 0. The molecule has 74 valence electrons.